The van der Waals surface area contributed by atoms with Gasteiger partial charge in [-0.25, -0.2) is 0 Å². The van der Waals surface area contributed by atoms with Crippen LogP contribution < -0.4 is 25.7 Å². The van der Waals surface area contributed by atoms with Gasteiger partial charge in [-0.15, -0.1) is 0 Å². The minimum absolute atomic E-state index is 0.00301. The number of phenols is 1. The van der Waals surface area contributed by atoms with Crippen LogP contribution in [0.4, 0.5) is 11.4 Å². The van der Waals surface area contributed by atoms with Crippen molar-refractivity contribution in [2.24, 2.45) is 5.14 Å². The second-order valence-electron chi connectivity index (χ2n) is 10.5. The number of hydrogen-bond donors (Lipinski definition) is 5. The fourth-order valence-corrected chi connectivity index (χ4v) is 7.58. The summed E-state index contributed by atoms with van der Waals surface area (Å²) in [5.41, 5.74) is 3.72. The monoisotopic (exact) mass is 731 g/mol. The molecule has 6 N–H and O–H groups in total. The number of benzene rings is 5. The maximum absolute atomic E-state index is 12.5. The van der Waals surface area contributed by atoms with Crippen molar-refractivity contribution in [3.63, 3.8) is 0 Å². The summed E-state index contributed by atoms with van der Waals surface area (Å²) < 4.78 is 29.9. The van der Waals surface area contributed by atoms with E-state index in [4.69, 9.17) is 21.8 Å². The van der Waals surface area contributed by atoms with Crippen LogP contribution in [0.5, 0.6) is 5.75 Å². The summed E-state index contributed by atoms with van der Waals surface area (Å²) in [6.45, 7) is 0. The van der Waals surface area contributed by atoms with Gasteiger partial charge in [-0.2, -0.15) is 0 Å². The third-order valence-corrected chi connectivity index (χ3v) is 10.6. The maximum atomic E-state index is 12.5. The number of carboxylic acids is 1. The Morgan fingerprint density at radius 2 is 1.53 bits per heavy atom. The third kappa shape index (κ3) is 7.19. The van der Waals surface area contributed by atoms with Gasteiger partial charge in [0.05, 0.1) is 0 Å². The van der Waals surface area contributed by atoms with Crippen LogP contribution in [0.3, 0.4) is 0 Å². The summed E-state index contributed by atoms with van der Waals surface area (Å²) in [6, 6.07) is 28.0. The van der Waals surface area contributed by atoms with Crippen LogP contribution in [0.1, 0.15) is 15.9 Å². The molecule has 13 heteroatoms. The molecular weight excluding hydrogens is 705 g/mol. The van der Waals surface area contributed by atoms with Crippen LogP contribution >= 0.6 is 12.2 Å². The number of nitrogens with one attached hydrogen (secondary N) is 2. The molecule has 0 saturated carbocycles. The molecule has 0 unspecified atom stereocenters. The van der Waals surface area contributed by atoms with Gasteiger partial charge in [0, 0.05) is 23.1 Å². The van der Waals surface area contributed by atoms with Gasteiger partial charge >= 0.3 is 197 Å². The zero-order chi connectivity index (χ0) is 33.3. The summed E-state index contributed by atoms with van der Waals surface area (Å²) in [5, 5.41) is 33.2. The molecule has 6 rings (SSSR count). The Morgan fingerprint density at radius 1 is 0.851 bits per heavy atom. The van der Waals surface area contributed by atoms with E-state index >= 15 is 0 Å². The third-order valence-electron chi connectivity index (χ3n) is 7.22. The first kappa shape index (κ1) is 31.9. The van der Waals surface area contributed by atoms with E-state index in [0.717, 1.165) is 21.0 Å². The predicted octanol–water partition coefficient (Wildman–Crippen LogP) is 4.95. The van der Waals surface area contributed by atoms with E-state index in [2.05, 4.69) is 10.6 Å². The van der Waals surface area contributed by atoms with E-state index in [9.17, 15) is 28.2 Å². The van der Waals surface area contributed by atoms with E-state index in [1.54, 1.807) is 36.4 Å². The topological polar surface area (TPSA) is 172 Å². The Bertz CT molecular complexity index is 2310. The number of carboxylic acid groups (broad SMARTS) is 1. The van der Waals surface area contributed by atoms with Crippen LogP contribution in [-0.2, 0) is 15.3 Å². The van der Waals surface area contributed by atoms with Gasteiger partial charge in [-0.1, -0.05) is 0 Å². The number of aromatic carboxylic acids is 1. The number of nitrogens with two attached hydrogens (primary N) is 1. The first-order chi connectivity index (χ1) is 22.4. The Labute approximate surface area is 280 Å². The molecule has 2 aliphatic rings. The number of rotatable bonds is 8. The van der Waals surface area contributed by atoms with E-state index in [-0.39, 0.29) is 47.5 Å². The molecule has 0 amide bonds. The summed E-state index contributed by atoms with van der Waals surface area (Å²) in [6.07, 6.45) is 0. The van der Waals surface area contributed by atoms with Crippen LogP contribution in [0.15, 0.2) is 117 Å². The molecule has 47 heavy (non-hydrogen) atoms. The number of sulfonamides is 1. The first-order valence-electron chi connectivity index (χ1n) is 13.9. The van der Waals surface area contributed by atoms with Crippen molar-refractivity contribution in [3.05, 3.63) is 124 Å². The van der Waals surface area contributed by atoms with Crippen LogP contribution in [0.25, 0.3) is 33.4 Å². The second kappa shape index (κ2) is 13.0. The summed E-state index contributed by atoms with van der Waals surface area (Å²) in [4.78, 5) is 24.7. The SMILES string of the molecule is NS(=O)(=O)c1ccc(C[Se]c2ccc(NC(=S)Nc3ccc(-c4c5ccc(=O)cc-5oc5cc(O)ccc45)c(C(=O)O)c3)cc2)cc1. The quantitative estimate of drug-likeness (QED) is 0.0820. The van der Waals surface area contributed by atoms with Crippen molar-refractivity contribution in [1.29, 1.82) is 0 Å². The molecule has 1 heterocycles. The molecule has 1 aliphatic heterocycles. The average molecular weight is 731 g/mol. The standard InChI is InChI=1S/C34H25N3O7S2Se/c35-46(42,43)24-8-1-19(2-9-24)18-47-25-10-3-20(4-11-25)36-34(45)37-21-5-12-26(29(15-21)33(40)41)32-27-13-6-22(38)16-30(27)44-31-17-23(39)7-14-28(31)32/h1-17,38H,18H2,(H,40,41)(H2,35,42,43)(H2,36,37,45). The van der Waals surface area contributed by atoms with E-state index in [1.807, 2.05) is 24.3 Å². The Hall–Kier alpha value is -5.04. The zero-order valence-corrected chi connectivity index (χ0v) is 27.6. The predicted molar refractivity (Wildman–Crippen MR) is 186 cm³/mol. The van der Waals surface area contributed by atoms with Gasteiger partial charge < -0.3 is 9.52 Å². The molecule has 0 radical (unpaired) electrons. The molecule has 1 aliphatic carbocycles. The molecule has 10 nitrogen and oxygen atoms in total. The first-order valence-corrected chi connectivity index (χ1v) is 18.0. The van der Waals surface area contributed by atoms with Gasteiger partial charge in [-0.3, -0.25) is 4.79 Å². The second-order valence-corrected chi connectivity index (χ2v) is 14.6. The molecule has 0 spiro atoms. The number of thiocarbonyl (C=S) groups is 1. The number of primary sulfonamides is 1. The molecule has 236 valence electrons. The molecule has 0 fully saturated rings. The summed E-state index contributed by atoms with van der Waals surface area (Å²) >= 11 is 5.61. The number of carbonyl (C=O) groups is 1. The van der Waals surface area contributed by atoms with Crippen LogP contribution in [0, 0.1) is 0 Å². The zero-order valence-electron chi connectivity index (χ0n) is 24.3. The number of phenolic OH excluding ortho intramolecular Hbond substituents is 1. The van der Waals surface area contributed by atoms with Crippen molar-refractivity contribution < 1.29 is 27.8 Å². The van der Waals surface area contributed by atoms with Crippen molar-refractivity contribution in [2.45, 2.75) is 10.2 Å². The Morgan fingerprint density at radius 3 is 2.23 bits per heavy atom. The molecule has 4 aromatic carbocycles. The minimum atomic E-state index is -3.72. The van der Waals surface area contributed by atoms with Crippen molar-refractivity contribution >= 4 is 75.1 Å². The number of aromatic hydroxyl groups is 1. The Kier molecular flexibility index (Phi) is 8.82. The number of anilines is 2. The van der Waals surface area contributed by atoms with Gasteiger partial charge in [0.25, 0.3) is 0 Å². The summed E-state index contributed by atoms with van der Waals surface area (Å²) in [7, 11) is -3.72. The van der Waals surface area contributed by atoms with Crippen LogP contribution in [-0.4, -0.2) is 44.7 Å². The van der Waals surface area contributed by atoms with E-state index in [0.29, 0.717) is 33.3 Å². The summed E-state index contributed by atoms with van der Waals surface area (Å²) in [5.74, 6) is -0.934. The molecular formula is C34H25N3O7S2Se. The number of hydrogen-bond acceptors (Lipinski definition) is 7. The van der Waals surface area contributed by atoms with Gasteiger partial charge in [-0.05, 0) is 24.3 Å². The molecule has 0 bridgehead atoms. The van der Waals surface area contributed by atoms with E-state index < -0.39 is 16.0 Å². The fourth-order valence-electron chi connectivity index (χ4n) is 5.04. The van der Waals surface area contributed by atoms with Gasteiger partial charge in [0.1, 0.15) is 17.1 Å². The van der Waals surface area contributed by atoms with Gasteiger partial charge in [0.2, 0.25) is 0 Å². The molecule has 0 saturated heterocycles. The normalized spacial score (nSPS) is 11.4. The van der Waals surface area contributed by atoms with Crippen molar-refractivity contribution in [3.8, 4) is 28.2 Å². The molecule has 0 aromatic heterocycles. The van der Waals surface area contributed by atoms with E-state index in [1.165, 1.54) is 42.5 Å². The number of fused-ring (bicyclic) bond motifs is 2. The van der Waals surface area contributed by atoms with Crippen molar-refractivity contribution in [2.75, 3.05) is 10.6 Å². The fraction of sp³-hybridized carbons (Fsp3) is 0.0294. The average Bonchev–Trinajstić information content (AvgIpc) is 3.03. The van der Waals surface area contributed by atoms with Crippen molar-refractivity contribution in [1.82, 2.24) is 0 Å². The Balaban J connectivity index is 1.19. The molecule has 4 aromatic rings. The van der Waals surface area contributed by atoms with Crippen LogP contribution in [0.2, 0.25) is 0 Å². The van der Waals surface area contributed by atoms with Gasteiger partial charge in [0.15, 0.2) is 5.43 Å². The molecule has 0 atom stereocenters.